The minimum atomic E-state index is 0.734. The number of halogens is 1. The van der Waals surface area contributed by atoms with Gasteiger partial charge in [0.05, 0.1) is 12.0 Å². The van der Waals surface area contributed by atoms with Crippen LogP contribution < -0.4 is 0 Å². The molecule has 0 aliphatic heterocycles. The van der Waals surface area contributed by atoms with E-state index >= 15 is 0 Å². The topological polar surface area (TPSA) is 15.6 Å². The molecule has 0 fully saturated rings. The zero-order valence-corrected chi connectivity index (χ0v) is 13.6. The van der Waals surface area contributed by atoms with Crippen molar-refractivity contribution in [3.63, 3.8) is 0 Å². The minimum absolute atomic E-state index is 0.734. The summed E-state index contributed by atoms with van der Waals surface area (Å²) in [5.41, 5.74) is 4.63. The second-order valence-electron chi connectivity index (χ2n) is 5.19. The van der Waals surface area contributed by atoms with Crippen LogP contribution in [0.5, 0.6) is 0 Å². The van der Waals surface area contributed by atoms with Crippen LogP contribution in [0.3, 0.4) is 0 Å². The molecule has 0 heterocycles. The van der Waals surface area contributed by atoms with Crippen molar-refractivity contribution in [2.45, 2.75) is 20.3 Å². The smallest absolute Gasteiger partial charge is 0.0909 e. The predicted octanol–water partition coefficient (Wildman–Crippen LogP) is 4.85. The maximum atomic E-state index is 6.25. The van der Waals surface area contributed by atoms with Gasteiger partial charge in [0, 0.05) is 18.6 Å². The van der Waals surface area contributed by atoms with E-state index in [0.29, 0.717) is 0 Å². The summed E-state index contributed by atoms with van der Waals surface area (Å²) < 4.78 is 0. The molecule has 0 N–H and O–H groups in total. The third-order valence-electron chi connectivity index (χ3n) is 3.58. The van der Waals surface area contributed by atoms with Crippen molar-refractivity contribution in [2.75, 3.05) is 13.6 Å². The van der Waals surface area contributed by atoms with E-state index in [0.717, 1.165) is 23.7 Å². The molecule has 0 unspecified atom stereocenters. The number of hydrogen-bond acceptors (Lipinski definition) is 1. The van der Waals surface area contributed by atoms with Crippen LogP contribution >= 0.6 is 11.6 Å². The van der Waals surface area contributed by atoms with E-state index in [1.54, 1.807) is 0 Å². The van der Waals surface area contributed by atoms with Gasteiger partial charge in [-0.1, -0.05) is 41.9 Å². The average molecular weight is 301 g/mol. The number of nitrogens with zero attached hydrogens (tertiary/aromatic N) is 2. The molecule has 0 atom stereocenters. The lowest BCUT2D eigenvalue weighted by molar-refractivity contribution is 0.552. The van der Waals surface area contributed by atoms with E-state index in [1.165, 1.54) is 16.7 Å². The first-order valence-electron chi connectivity index (χ1n) is 7.17. The van der Waals surface area contributed by atoms with Gasteiger partial charge in [-0.2, -0.15) is 0 Å². The summed E-state index contributed by atoms with van der Waals surface area (Å²) in [6.07, 6.45) is 2.73. The lowest BCUT2D eigenvalue weighted by atomic mass is 9.99. The van der Waals surface area contributed by atoms with E-state index in [4.69, 9.17) is 11.6 Å². The molecule has 0 aromatic heterocycles. The molecule has 2 aromatic carbocycles. The van der Waals surface area contributed by atoms with E-state index in [9.17, 15) is 0 Å². The van der Waals surface area contributed by atoms with Gasteiger partial charge < -0.3 is 4.90 Å². The molecule has 0 aliphatic rings. The van der Waals surface area contributed by atoms with Crippen molar-refractivity contribution in [1.29, 1.82) is 0 Å². The highest BCUT2D eigenvalue weighted by atomic mass is 35.5. The Morgan fingerprint density at radius 1 is 1.19 bits per heavy atom. The Kier molecular flexibility index (Phi) is 5.40. The van der Waals surface area contributed by atoms with Gasteiger partial charge in [-0.05, 0) is 49.1 Å². The van der Waals surface area contributed by atoms with E-state index < -0.39 is 0 Å². The van der Waals surface area contributed by atoms with E-state index in [2.05, 4.69) is 43.1 Å². The molecule has 21 heavy (non-hydrogen) atoms. The van der Waals surface area contributed by atoms with Crippen molar-refractivity contribution in [1.82, 2.24) is 4.90 Å². The lowest BCUT2D eigenvalue weighted by Crippen LogP contribution is -2.14. The van der Waals surface area contributed by atoms with Crippen molar-refractivity contribution in [3.8, 4) is 0 Å². The Bertz CT molecular complexity index is 621. The molecular weight excluding hydrogens is 280 g/mol. The van der Waals surface area contributed by atoms with Gasteiger partial charge >= 0.3 is 0 Å². The monoisotopic (exact) mass is 300 g/mol. The first-order chi connectivity index (χ1) is 10.1. The highest BCUT2D eigenvalue weighted by molar-refractivity contribution is 6.31. The molecule has 0 spiro atoms. The fourth-order valence-corrected chi connectivity index (χ4v) is 2.33. The molecule has 2 aromatic rings. The van der Waals surface area contributed by atoms with Gasteiger partial charge in [-0.15, -0.1) is 0 Å². The standard InChI is InChI=1S/C18H21ClN2/c1-4-21(3)13-20-18-12-17(19)11-16(14(18)2)10-15-8-6-5-7-9-15/h5-9,11-13H,4,10H2,1-3H3. The summed E-state index contributed by atoms with van der Waals surface area (Å²) in [7, 11) is 2.01. The normalized spacial score (nSPS) is 11.0. The molecule has 2 nitrogen and oxygen atoms in total. The summed E-state index contributed by atoms with van der Waals surface area (Å²) in [5.74, 6) is 0. The largest absolute Gasteiger partial charge is 0.366 e. The summed E-state index contributed by atoms with van der Waals surface area (Å²) in [6.45, 7) is 5.13. The van der Waals surface area contributed by atoms with Crippen LogP contribution in [-0.4, -0.2) is 24.8 Å². The molecular formula is C18H21ClN2. The van der Waals surface area contributed by atoms with Gasteiger partial charge in [-0.25, -0.2) is 4.99 Å². The second kappa shape index (κ2) is 7.28. The first-order valence-corrected chi connectivity index (χ1v) is 7.55. The third kappa shape index (κ3) is 4.33. The van der Waals surface area contributed by atoms with Crippen LogP contribution in [0, 0.1) is 6.92 Å². The molecule has 0 amide bonds. The SMILES string of the molecule is CCN(C)C=Nc1cc(Cl)cc(Cc2ccccc2)c1C. The Morgan fingerprint density at radius 2 is 1.90 bits per heavy atom. The maximum absolute atomic E-state index is 6.25. The molecule has 0 saturated carbocycles. The van der Waals surface area contributed by atoms with Gasteiger partial charge in [-0.3, -0.25) is 0 Å². The lowest BCUT2D eigenvalue weighted by Gasteiger charge is -2.12. The summed E-state index contributed by atoms with van der Waals surface area (Å²) in [6, 6.07) is 14.4. The fourth-order valence-electron chi connectivity index (χ4n) is 2.10. The highest BCUT2D eigenvalue weighted by Crippen LogP contribution is 2.28. The van der Waals surface area contributed by atoms with Gasteiger partial charge in [0.25, 0.3) is 0 Å². The predicted molar refractivity (Wildman–Crippen MR) is 91.9 cm³/mol. The zero-order valence-electron chi connectivity index (χ0n) is 12.8. The van der Waals surface area contributed by atoms with E-state index in [-0.39, 0.29) is 0 Å². The second-order valence-corrected chi connectivity index (χ2v) is 5.63. The molecule has 0 bridgehead atoms. The number of benzene rings is 2. The summed E-state index contributed by atoms with van der Waals surface area (Å²) in [5, 5.41) is 0.734. The van der Waals surface area contributed by atoms with Crippen LogP contribution in [-0.2, 0) is 6.42 Å². The highest BCUT2D eigenvalue weighted by Gasteiger charge is 2.07. The quantitative estimate of drug-likeness (QED) is 0.569. The molecule has 2 rings (SSSR count). The molecule has 110 valence electrons. The van der Waals surface area contributed by atoms with Crippen molar-refractivity contribution >= 4 is 23.6 Å². The van der Waals surface area contributed by atoms with Gasteiger partial charge in [0.15, 0.2) is 0 Å². The molecule has 0 saturated heterocycles. The van der Waals surface area contributed by atoms with Crippen LogP contribution in [0.1, 0.15) is 23.6 Å². The average Bonchev–Trinajstić information content (AvgIpc) is 2.49. The first kappa shape index (κ1) is 15.6. The van der Waals surface area contributed by atoms with E-state index in [1.807, 2.05) is 36.5 Å². The van der Waals surface area contributed by atoms with Crippen LogP contribution in [0.2, 0.25) is 5.02 Å². The fraction of sp³-hybridized carbons (Fsp3) is 0.278. The minimum Gasteiger partial charge on any atom is -0.366 e. The Morgan fingerprint density at radius 3 is 2.57 bits per heavy atom. The van der Waals surface area contributed by atoms with Crippen LogP contribution in [0.25, 0.3) is 0 Å². The van der Waals surface area contributed by atoms with Crippen LogP contribution in [0.15, 0.2) is 47.5 Å². The Labute approximate surface area is 132 Å². The molecule has 3 heteroatoms. The Balaban J connectivity index is 2.30. The number of aliphatic imine (C=N–C) groups is 1. The summed E-state index contributed by atoms with van der Waals surface area (Å²) in [4.78, 5) is 6.60. The van der Waals surface area contributed by atoms with Crippen molar-refractivity contribution < 1.29 is 0 Å². The third-order valence-corrected chi connectivity index (χ3v) is 3.80. The molecule has 0 radical (unpaired) electrons. The van der Waals surface area contributed by atoms with Gasteiger partial charge in [0.2, 0.25) is 0 Å². The zero-order chi connectivity index (χ0) is 15.2. The number of rotatable bonds is 5. The maximum Gasteiger partial charge on any atom is 0.0909 e. The van der Waals surface area contributed by atoms with Crippen molar-refractivity contribution in [3.05, 3.63) is 64.2 Å². The summed E-state index contributed by atoms with van der Waals surface area (Å²) >= 11 is 6.25. The van der Waals surface area contributed by atoms with Gasteiger partial charge in [0.1, 0.15) is 0 Å². The Hall–Kier alpha value is -1.80. The van der Waals surface area contributed by atoms with Crippen LogP contribution in [0.4, 0.5) is 5.69 Å². The number of hydrogen-bond donors (Lipinski definition) is 0. The molecule has 0 aliphatic carbocycles. The van der Waals surface area contributed by atoms with Crippen molar-refractivity contribution in [2.24, 2.45) is 4.99 Å².